The molecule has 1 fully saturated rings. The minimum absolute atomic E-state index is 0.0143. The zero-order valence-electron chi connectivity index (χ0n) is 14.3. The number of fused-ring (bicyclic) bond motifs is 1. The number of aliphatic hydroxyl groups is 2. The van der Waals surface area contributed by atoms with Crippen LogP contribution in [-0.4, -0.2) is 71.1 Å². The van der Waals surface area contributed by atoms with Crippen LogP contribution in [0.15, 0.2) is 23.3 Å². The van der Waals surface area contributed by atoms with Gasteiger partial charge in [-0.1, -0.05) is 12.2 Å². The third kappa shape index (κ3) is 4.03. The molecule has 4 unspecified atom stereocenters. The molecule has 2 aliphatic heterocycles. The second-order valence-electron chi connectivity index (χ2n) is 6.22. The molecule has 2 aliphatic rings. The van der Waals surface area contributed by atoms with E-state index in [9.17, 15) is 19.8 Å². The molecule has 2 N–H and O–H groups in total. The van der Waals surface area contributed by atoms with Gasteiger partial charge in [0.05, 0.1) is 12.1 Å². The fourth-order valence-corrected chi connectivity index (χ4v) is 2.91. The lowest BCUT2D eigenvalue weighted by Gasteiger charge is -2.24. The van der Waals surface area contributed by atoms with Gasteiger partial charge in [0.1, 0.15) is 12.7 Å². The van der Waals surface area contributed by atoms with Crippen LogP contribution in [0.1, 0.15) is 27.2 Å². The summed E-state index contributed by atoms with van der Waals surface area (Å²) in [6.45, 7) is 6.35. The fourth-order valence-electron chi connectivity index (χ4n) is 2.91. The first-order chi connectivity index (χ1) is 11.3. The number of hydrogen-bond acceptors (Lipinski definition) is 7. The van der Waals surface area contributed by atoms with E-state index >= 15 is 0 Å². The predicted molar refractivity (Wildman–Crippen MR) is 86.0 cm³/mol. The van der Waals surface area contributed by atoms with Crippen LogP contribution in [0.3, 0.4) is 0 Å². The van der Waals surface area contributed by atoms with E-state index in [1.54, 1.807) is 19.9 Å². The van der Waals surface area contributed by atoms with E-state index in [-0.39, 0.29) is 24.7 Å². The van der Waals surface area contributed by atoms with Crippen LogP contribution in [0.4, 0.5) is 0 Å². The molecule has 0 amide bonds. The highest BCUT2D eigenvalue weighted by molar-refractivity contribution is 5.87. The maximum atomic E-state index is 12.0. The highest BCUT2D eigenvalue weighted by atomic mass is 16.6. The molecule has 0 aromatic rings. The monoisotopic (exact) mass is 339 g/mol. The van der Waals surface area contributed by atoms with Gasteiger partial charge in [0.25, 0.3) is 0 Å². The molecule has 0 aliphatic carbocycles. The van der Waals surface area contributed by atoms with Gasteiger partial charge in [-0.15, -0.1) is 0 Å². The quantitative estimate of drug-likeness (QED) is 0.404. The highest BCUT2D eigenvalue weighted by Gasteiger charge is 2.42. The largest absolute Gasteiger partial charge is 0.459 e. The molecule has 134 valence electrons. The van der Waals surface area contributed by atoms with Crippen LogP contribution in [-0.2, 0) is 19.1 Å². The number of esters is 2. The topological polar surface area (TPSA) is 96.3 Å². The summed E-state index contributed by atoms with van der Waals surface area (Å²) in [7, 11) is 0. The molecule has 7 heteroatoms. The summed E-state index contributed by atoms with van der Waals surface area (Å²) < 4.78 is 10.7. The van der Waals surface area contributed by atoms with Crippen molar-refractivity contribution in [2.75, 3.05) is 19.7 Å². The Balaban J connectivity index is 1.95. The van der Waals surface area contributed by atoms with Gasteiger partial charge >= 0.3 is 11.9 Å². The number of ether oxygens (including phenoxy) is 2. The van der Waals surface area contributed by atoms with Gasteiger partial charge in [-0.3, -0.25) is 4.90 Å². The lowest BCUT2D eigenvalue weighted by atomic mass is 10.0. The van der Waals surface area contributed by atoms with E-state index in [4.69, 9.17) is 9.47 Å². The van der Waals surface area contributed by atoms with Crippen molar-refractivity contribution in [1.82, 2.24) is 4.90 Å². The van der Waals surface area contributed by atoms with Crippen molar-refractivity contribution < 1.29 is 29.3 Å². The van der Waals surface area contributed by atoms with E-state index in [2.05, 4.69) is 4.90 Å². The normalized spacial score (nSPS) is 26.5. The second-order valence-corrected chi connectivity index (χ2v) is 6.22. The van der Waals surface area contributed by atoms with Crippen LogP contribution in [0, 0.1) is 0 Å². The Kier molecular flexibility index (Phi) is 6.15. The molecule has 1 saturated heterocycles. The molecule has 0 saturated carbocycles. The average Bonchev–Trinajstić information content (AvgIpc) is 3.14. The van der Waals surface area contributed by atoms with Crippen molar-refractivity contribution in [2.45, 2.75) is 51.5 Å². The summed E-state index contributed by atoms with van der Waals surface area (Å²) in [6.07, 6.45) is 1.37. The summed E-state index contributed by atoms with van der Waals surface area (Å²) in [5.74, 6) is -1.20. The van der Waals surface area contributed by atoms with Gasteiger partial charge in [0, 0.05) is 18.7 Å². The third-order valence-electron chi connectivity index (χ3n) is 4.51. The molecule has 0 spiro atoms. The SMILES string of the molecule is CC=C(C)C(=O)OC1CCN2CC=C(COC(=O)C(O)C(C)O)C12. The molecule has 2 rings (SSSR count). The number of hydrogen-bond donors (Lipinski definition) is 2. The van der Waals surface area contributed by atoms with Crippen molar-refractivity contribution in [3.8, 4) is 0 Å². The Morgan fingerprint density at radius 3 is 2.79 bits per heavy atom. The zero-order chi connectivity index (χ0) is 17.9. The molecule has 4 atom stereocenters. The number of carbonyl (C=O) groups excluding carboxylic acids is 2. The first-order valence-electron chi connectivity index (χ1n) is 8.14. The standard InChI is InChI=1S/C17H25NO6/c1-4-10(2)16(21)24-13-6-8-18-7-5-12(14(13)18)9-23-17(22)15(20)11(3)19/h4-5,11,13-15,19-20H,6-9H2,1-3H3. The van der Waals surface area contributed by atoms with E-state index in [0.29, 0.717) is 12.1 Å². The molecule has 24 heavy (non-hydrogen) atoms. The van der Waals surface area contributed by atoms with E-state index < -0.39 is 18.2 Å². The Labute approximate surface area is 141 Å². The van der Waals surface area contributed by atoms with Crippen LogP contribution >= 0.6 is 0 Å². The van der Waals surface area contributed by atoms with Crippen molar-refractivity contribution in [3.63, 3.8) is 0 Å². The van der Waals surface area contributed by atoms with Crippen LogP contribution in [0.25, 0.3) is 0 Å². The van der Waals surface area contributed by atoms with Gasteiger partial charge in [0.15, 0.2) is 6.10 Å². The summed E-state index contributed by atoms with van der Waals surface area (Å²) in [4.78, 5) is 25.8. The first-order valence-corrected chi connectivity index (χ1v) is 8.14. The third-order valence-corrected chi connectivity index (χ3v) is 4.51. The molecule has 7 nitrogen and oxygen atoms in total. The van der Waals surface area contributed by atoms with Crippen molar-refractivity contribution in [3.05, 3.63) is 23.3 Å². The van der Waals surface area contributed by atoms with Gasteiger partial charge in [-0.05, 0) is 32.8 Å². The smallest absolute Gasteiger partial charge is 0.338 e. The Bertz CT molecular complexity index is 553. The summed E-state index contributed by atoms with van der Waals surface area (Å²) in [5.41, 5.74) is 1.41. The van der Waals surface area contributed by atoms with Crippen LogP contribution in [0.5, 0.6) is 0 Å². The molecule has 0 aromatic carbocycles. The average molecular weight is 339 g/mol. The van der Waals surface area contributed by atoms with Crippen LogP contribution in [0.2, 0.25) is 0 Å². The van der Waals surface area contributed by atoms with Crippen LogP contribution < -0.4 is 0 Å². The van der Waals surface area contributed by atoms with E-state index in [1.165, 1.54) is 6.92 Å². The van der Waals surface area contributed by atoms with Gasteiger partial charge in [-0.25, -0.2) is 9.59 Å². The van der Waals surface area contributed by atoms with Crippen molar-refractivity contribution in [2.24, 2.45) is 0 Å². The van der Waals surface area contributed by atoms with Gasteiger partial charge in [-0.2, -0.15) is 0 Å². The van der Waals surface area contributed by atoms with Gasteiger partial charge in [0.2, 0.25) is 0 Å². The Morgan fingerprint density at radius 1 is 1.46 bits per heavy atom. The summed E-state index contributed by atoms with van der Waals surface area (Å²) in [6, 6.07) is -0.102. The maximum absolute atomic E-state index is 12.0. The zero-order valence-corrected chi connectivity index (χ0v) is 14.3. The van der Waals surface area contributed by atoms with Crippen molar-refractivity contribution in [1.29, 1.82) is 0 Å². The summed E-state index contributed by atoms with van der Waals surface area (Å²) >= 11 is 0. The molecule has 0 aromatic heterocycles. The minimum atomic E-state index is -1.56. The molecule has 0 radical (unpaired) electrons. The van der Waals surface area contributed by atoms with Crippen molar-refractivity contribution >= 4 is 11.9 Å². The Hall–Kier alpha value is -1.70. The Morgan fingerprint density at radius 2 is 2.17 bits per heavy atom. The second kappa shape index (κ2) is 7.92. The molecule has 2 heterocycles. The fraction of sp³-hybridized carbons (Fsp3) is 0.647. The molecular formula is C17H25NO6. The minimum Gasteiger partial charge on any atom is -0.459 e. The highest BCUT2D eigenvalue weighted by Crippen LogP contribution is 2.31. The van der Waals surface area contributed by atoms with E-state index in [1.807, 2.05) is 6.08 Å². The lowest BCUT2D eigenvalue weighted by Crippen LogP contribution is -2.38. The maximum Gasteiger partial charge on any atom is 0.338 e. The molecule has 0 bridgehead atoms. The predicted octanol–water partition coefficient (Wildman–Crippen LogP) is 0.164. The number of carbonyl (C=O) groups is 2. The number of rotatable bonds is 6. The van der Waals surface area contributed by atoms with Gasteiger partial charge < -0.3 is 19.7 Å². The first kappa shape index (κ1) is 18.6. The summed E-state index contributed by atoms with van der Waals surface area (Å²) in [5, 5.41) is 18.7. The van der Waals surface area contributed by atoms with E-state index in [0.717, 1.165) is 18.5 Å². The number of aliphatic hydroxyl groups excluding tert-OH is 2. The number of allylic oxidation sites excluding steroid dienone is 1. The molecular weight excluding hydrogens is 314 g/mol. The number of nitrogens with zero attached hydrogens (tertiary/aromatic N) is 1. The lowest BCUT2D eigenvalue weighted by molar-refractivity contribution is -0.158.